The molecule has 0 saturated carbocycles. The molecule has 1 aliphatic heterocycles. The van der Waals surface area contributed by atoms with E-state index in [4.69, 9.17) is 14.2 Å². The molecule has 0 aliphatic carbocycles. The molecule has 220 valence electrons. The fourth-order valence-electron chi connectivity index (χ4n) is 5.13. The molecule has 0 bridgehead atoms. The fraction of sp³-hybridized carbons (Fsp3) is 0.353. The lowest BCUT2D eigenvalue weighted by Gasteiger charge is -2.40. The van der Waals surface area contributed by atoms with Crippen molar-refractivity contribution in [3.8, 4) is 5.75 Å². The molecule has 3 unspecified atom stereocenters. The van der Waals surface area contributed by atoms with E-state index in [-0.39, 0.29) is 23.9 Å². The average Bonchev–Trinajstić information content (AvgIpc) is 2.99. The molecule has 8 heteroatoms. The summed E-state index contributed by atoms with van der Waals surface area (Å²) >= 11 is 0. The second-order valence-corrected chi connectivity index (χ2v) is 13.5. The van der Waals surface area contributed by atoms with Crippen LogP contribution in [-0.2, 0) is 22.7 Å². The molecule has 0 radical (unpaired) electrons. The first-order valence-corrected chi connectivity index (χ1v) is 15.7. The summed E-state index contributed by atoms with van der Waals surface area (Å²) in [5, 5.41) is 2.07. The number of hydrogen-bond acceptors (Lipinski definition) is 5. The van der Waals surface area contributed by atoms with Gasteiger partial charge in [-0.25, -0.2) is 9.18 Å². The smallest absolute Gasteiger partial charge is 0.410 e. The van der Waals surface area contributed by atoms with Gasteiger partial charge in [0, 0.05) is 34.3 Å². The zero-order valence-corrected chi connectivity index (χ0v) is 26.8. The van der Waals surface area contributed by atoms with Gasteiger partial charge in [-0.05, 0) is 78.7 Å². The Morgan fingerprint density at radius 3 is 2.57 bits per heavy atom. The lowest BCUT2D eigenvalue weighted by atomic mass is 9.87. The quantitative estimate of drug-likeness (QED) is 0.212. The van der Waals surface area contributed by atoms with Gasteiger partial charge in [-0.15, -0.1) is 0 Å². The van der Waals surface area contributed by atoms with Gasteiger partial charge in [0.1, 0.15) is 23.8 Å². The van der Waals surface area contributed by atoms with E-state index in [1.807, 2.05) is 68.4 Å². The summed E-state index contributed by atoms with van der Waals surface area (Å²) in [6.45, 7) is 7.67. The summed E-state index contributed by atoms with van der Waals surface area (Å²) < 4.78 is 32.5. The summed E-state index contributed by atoms with van der Waals surface area (Å²) in [5.74, 6) is 0.507. The van der Waals surface area contributed by atoms with Crippen LogP contribution in [0.1, 0.15) is 49.9 Å². The van der Waals surface area contributed by atoms with E-state index in [0.717, 1.165) is 43.6 Å². The van der Waals surface area contributed by atoms with Crippen LogP contribution in [0.25, 0.3) is 10.8 Å². The minimum absolute atomic E-state index is 0.0144. The number of carbonyl (C=O) groups is 1. The number of carbonyl (C=O) groups excluding carboxylic acids is 1. The molecule has 1 amide bonds. The minimum Gasteiger partial charge on any atom is -0.487 e. The van der Waals surface area contributed by atoms with Gasteiger partial charge in [-0.1, -0.05) is 49.4 Å². The van der Waals surface area contributed by atoms with Crippen LogP contribution in [0.15, 0.2) is 85.1 Å². The Labute approximate surface area is 250 Å². The fourth-order valence-corrected chi connectivity index (χ4v) is 5.24. The topological polar surface area (TPSA) is 60.9 Å². The van der Waals surface area contributed by atoms with E-state index in [1.165, 1.54) is 12.1 Å². The lowest BCUT2D eigenvalue weighted by Crippen LogP contribution is -2.49. The largest absolute Gasteiger partial charge is 0.487 e. The van der Waals surface area contributed by atoms with Crippen LogP contribution < -0.4 is 4.74 Å². The maximum absolute atomic E-state index is 13.7. The van der Waals surface area contributed by atoms with Gasteiger partial charge in [0.05, 0.1) is 24.9 Å². The first kappa shape index (κ1) is 29.7. The van der Waals surface area contributed by atoms with Crippen LogP contribution in [-0.4, -0.2) is 51.0 Å². The molecule has 1 aliphatic rings. The van der Waals surface area contributed by atoms with Gasteiger partial charge in [0.15, 0.2) is 0 Å². The summed E-state index contributed by atoms with van der Waals surface area (Å²) in [7, 11) is 0.929. The molecule has 0 spiro atoms. The first-order valence-electron chi connectivity index (χ1n) is 14.6. The van der Waals surface area contributed by atoms with Gasteiger partial charge in [-0.2, -0.15) is 0 Å². The number of aromatic nitrogens is 1. The molecule has 5 rings (SSSR count). The molecule has 1 aromatic heterocycles. The number of pyridine rings is 1. The number of likely N-dealkylation sites (tertiary alicyclic amines) is 1. The second kappa shape index (κ2) is 13.0. The van der Waals surface area contributed by atoms with Crippen molar-refractivity contribution in [2.45, 2.75) is 63.6 Å². The maximum Gasteiger partial charge on any atom is 0.410 e. The Morgan fingerprint density at radius 2 is 1.83 bits per heavy atom. The number of piperidine rings is 1. The Kier molecular flexibility index (Phi) is 9.23. The number of halogens is 1. The van der Waals surface area contributed by atoms with E-state index in [1.54, 1.807) is 11.1 Å². The summed E-state index contributed by atoms with van der Waals surface area (Å²) in [6.07, 6.45) is 1.84. The van der Waals surface area contributed by atoms with E-state index in [9.17, 15) is 9.18 Å². The number of hydrogen-bond donors (Lipinski definition) is 0. The summed E-state index contributed by atoms with van der Waals surface area (Å²) in [4.78, 5) is 19.3. The van der Waals surface area contributed by atoms with Gasteiger partial charge in [0.25, 0.3) is 0 Å². The SMILES string of the molecule is CC([SiH3])C(C)(C)OC(=O)N1CCC(c2ccc(F)cc2)C(OCc2cc(OCc3ccccn3)c3ccccc3c2)C1. The van der Waals surface area contributed by atoms with Crippen molar-refractivity contribution in [2.24, 2.45) is 0 Å². The van der Waals surface area contributed by atoms with Crippen molar-refractivity contribution >= 4 is 27.1 Å². The molecule has 6 nitrogen and oxygen atoms in total. The van der Waals surface area contributed by atoms with E-state index in [2.05, 4.69) is 24.0 Å². The predicted octanol–water partition coefficient (Wildman–Crippen LogP) is 6.42. The number of nitrogens with zero attached hydrogens (tertiary/aromatic N) is 2. The van der Waals surface area contributed by atoms with Crippen molar-refractivity contribution in [3.63, 3.8) is 0 Å². The Morgan fingerprint density at radius 1 is 1.07 bits per heavy atom. The standard InChI is InChI=1S/C34H39FN2O4Si/c1-23(42)34(2,3)41-33(38)37-17-15-30(25-11-13-27(35)14-12-25)32(20-37)39-21-24-18-26-8-4-5-10-29(26)31(19-24)40-22-28-9-6-7-16-36-28/h4-14,16,18-19,23,30,32H,15,17,20-22H2,1-3,42H3. The van der Waals surface area contributed by atoms with Crippen molar-refractivity contribution in [2.75, 3.05) is 13.1 Å². The monoisotopic (exact) mass is 586 g/mol. The van der Waals surface area contributed by atoms with Crippen LogP contribution in [0.2, 0.25) is 5.54 Å². The third-order valence-electron chi connectivity index (χ3n) is 8.31. The molecule has 0 N–H and O–H groups in total. The molecule has 3 aromatic carbocycles. The number of amides is 1. The third-order valence-corrected chi connectivity index (χ3v) is 9.70. The zero-order chi connectivity index (χ0) is 29.7. The minimum atomic E-state index is -0.524. The predicted molar refractivity (Wildman–Crippen MR) is 166 cm³/mol. The van der Waals surface area contributed by atoms with Crippen molar-refractivity contribution in [3.05, 3.63) is 108 Å². The number of rotatable bonds is 9. The van der Waals surface area contributed by atoms with Gasteiger partial charge >= 0.3 is 6.09 Å². The molecule has 1 saturated heterocycles. The van der Waals surface area contributed by atoms with E-state index >= 15 is 0 Å². The third kappa shape index (κ3) is 7.17. The van der Waals surface area contributed by atoms with Crippen LogP contribution in [0, 0.1) is 5.82 Å². The Hall–Kier alpha value is -3.75. The van der Waals surface area contributed by atoms with Crippen molar-refractivity contribution in [1.29, 1.82) is 0 Å². The molecule has 2 heterocycles. The highest BCUT2D eigenvalue weighted by Crippen LogP contribution is 2.34. The molecule has 1 fully saturated rings. The van der Waals surface area contributed by atoms with Crippen LogP contribution >= 0.6 is 0 Å². The van der Waals surface area contributed by atoms with Gasteiger partial charge < -0.3 is 19.1 Å². The molecular formula is C34H39FN2O4Si. The summed E-state index contributed by atoms with van der Waals surface area (Å²) in [5.41, 5.74) is 2.60. The van der Waals surface area contributed by atoms with Gasteiger partial charge in [-0.3, -0.25) is 4.98 Å². The first-order chi connectivity index (χ1) is 20.2. The Balaban J connectivity index is 1.36. The van der Waals surface area contributed by atoms with Crippen molar-refractivity contribution in [1.82, 2.24) is 9.88 Å². The van der Waals surface area contributed by atoms with Crippen LogP contribution in [0.5, 0.6) is 5.75 Å². The number of ether oxygens (including phenoxy) is 3. The Bertz CT molecular complexity index is 1500. The number of benzene rings is 3. The average molecular weight is 587 g/mol. The lowest BCUT2D eigenvalue weighted by molar-refractivity contribution is -0.0393. The molecular weight excluding hydrogens is 547 g/mol. The maximum atomic E-state index is 13.7. The highest BCUT2D eigenvalue weighted by Gasteiger charge is 2.36. The van der Waals surface area contributed by atoms with E-state index in [0.29, 0.717) is 38.3 Å². The second-order valence-electron chi connectivity index (χ2n) is 11.8. The highest BCUT2D eigenvalue weighted by atomic mass is 28.1. The zero-order valence-electron chi connectivity index (χ0n) is 24.8. The molecule has 3 atom stereocenters. The van der Waals surface area contributed by atoms with Gasteiger partial charge in [0.2, 0.25) is 0 Å². The van der Waals surface area contributed by atoms with Crippen molar-refractivity contribution < 1.29 is 23.4 Å². The van der Waals surface area contributed by atoms with E-state index < -0.39 is 5.60 Å². The molecule has 4 aromatic rings. The normalized spacial score (nSPS) is 18.1. The van der Waals surface area contributed by atoms with Crippen LogP contribution in [0.4, 0.5) is 9.18 Å². The number of fused-ring (bicyclic) bond motifs is 1. The highest BCUT2D eigenvalue weighted by molar-refractivity contribution is 6.12. The summed E-state index contributed by atoms with van der Waals surface area (Å²) in [6, 6.07) is 24.6. The molecule has 42 heavy (non-hydrogen) atoms. The van der Waals surface area contributed by atoms with Crippen LogP contribution in [0.3, 0.4) is 0 Å².